The van der Waals surface area contributed by atoms with Gasteiger partial charge in [-0.05, 0) is 29.3 Å². The van der Waals surface area contributed by atoms with E-state index < -0.39 is 35.9 Å². The molecule has 0 radical (unpaired) electrons. The Hall–Kier alpha value is -3.50. The van der Waals surface area contributed by atoms with E-state index in [9.17, 15) is 24.6 Å². The Kier molecular flexibility index (Phi) is 7.96. The Morgan fingerprint density at radius 3 is 2.30 bits per heavy atom. The van der Waals surface area contributed by atoms with Crippen LogP contribution in [-0.4, -0.2) is 56.9 Å². The van der Waals surface area contributed by atoms with Crippen LogP contribution in [0.15, 0.2) is 54.7 Å². The van der Waals surface area contributed by atoms with Gasteiger partial charge in [0.25, 0.3) is 0 Å². The first-order chi connectivity index (χ1) is 15.8. The normalized spacial score (nSPS) is 13.8. The molecule has 1 heterocycles. The second-order valence-electron chi connectivity index (χ2n) is 7.68. The number of para-hydroxylation sites is 1. The summed E-state index contributed by atoms with van der Waals surface area (Å²) in [6.45, 7) is 0. The van der Waals surface area contributed by atoms with Crippen LogP contribution in [0.25, 0.3) is 10.9 Å². The van der Waals surface area contributed by atoms with Crippen LogP contribution in [0.4, 0.5) is 0 Å². The third-order valence-electron chi connectivity index (χ3n) is 5.26. The highest BCUT2D eigenvalue weighted by atomic mass is 32.1. The van der Waals surface area contributed by atoms with Gasteiger partial charge in [0.15, 0.2) is 0 Å². The number of aromatic nitrogens is 1. The lowest BCUT2D eigenvalue weighted by Gasteiger charge is -2.23. The number of carbonyl (C=O) groups is 3. The molecule has 1 aromatic heterocycles. The van der Waals surface area contributed by atoms with Gasteiger partial charge in [-0.1, -0.05) is 30.3 Å². The summed E-state index contributed by atoms with van der Waals surface area (Å²) in [6.07, 6.45) is 1.85. The smallest absolute Gasteiger partial charge is 0.326 e. The maximum atomic E-state index is 13.1. The number of carboxylic acid groups (broad SMARTS) is 1. The molecule has 9 nitrogen and oxygen atoms in total. The molecule has 10 heteroatoms. The van der Waals surface area contributed by atoms with Crippen molar-refractivity contribution in [3.05, 3.63) is 65.9 Å². The number of fused-ring (bicyclic) bond motifs is 1. The minimum atomic E-state index is -1.21. The molecular formula is C23H26N4O5S. The maximum absolute atomic E-state index is 13.1. The summed E-state index contributed by atoms with van der Waals surface area (Å²) in [7, 11) is 0. The first kappa shape index (κ1) is 24.1. The van der Waals surface area contributed by atoms with Crippen LogP contribution in [0, 0.1) is 0 Å². The average molecular weight is 471 g/mol. The molecule has 0 fully saturated rings. The predicted molar refractivity (Wildman–Crippen MR) is 127 cm³/mol. The summed E-state index contributed by atoms with van der Waals surface area (Å²) >= 11 is 4.01. The van der Waals surface area contributed by atoms with Gasteiger partial charge in [0.1, 0.15) is 17.8 Å². The Morgan fingerprint density at radius 1 is 0.970 bits per heavy atom. The van der Waals surface area contributed by atoms with E-state index >= 15 is 0 Å². The minimum absolute atomic E-state index is 0.0567. The Labute approximate surface area is 195 Å². The standard InChI is InChI=1S/C23H26N4O5S/c24-17(12-33)21(29)26-19(9-13-5-7-15(28)8-6-13)22(30)27-20(23(31)32)10-14-11-25-18-4-2-1-3-16(14)18/h1-8,11,17,19-20,25,28,33H,9-10,12,24H2,(H,26,29)(H,27,30)(H,31,32). The summed E-state index contributed by atoms with van der Waals surface area (Å²) in [6, 6.07) is 10.4. The van der Waals surface area contributed by atoms with Gasteiger partial charge in [-0.3, -0.25) is 9.59 Å². The fourth-order valence-corrected chi connectivity index (χ4v) is 3.60. The number of hydrogen-bond donors (Lipinski definition) is 7. The van der Waals surface area contributed by atoms with Crippen LogP contribution >= 0.6 is 12.6 Å². The molecule has 0 bridgehead atoms. The van der Waals surface area contributed by atoms with Crippen LogP contribution in [0.1, 0.15) is 11.1 Å². The summed E-state index contributed by atoms with van der Waals surface area (Å²) in [4.78, 5) is 40.4. The van der Waals surface area contributed by atoms with Crippen molar-refractivity contribution in [1.29, 1.82) is 0 Å². The van der Waals surface area contributed by atoms with Crippen molar-refractivity contribution in [2.75, 3.05) is 5.75 Å². The summed E-state index contributed by atoms with van der Waals surface area (Å²) in [5, 5.41) is 25.2. The van der Waals surface area contributed by atoms with Gasteiger partial charge in [-0.15, -0.1) is 0 Å². The number of amides is 2. The molecule has 3 aromatic rings. The molecule has 0 saturated heterocycles. The molecular weight excluding hydrogens is 444 g/mol. The highest BCUT2D eigenvalue weighted by Gasteiger charge is 2.28. The van der Waals surface area contributed by atoms with Crippen molar-refractivity contribution >= 4 is 41.3 Å². The number of aromatic hydroxyl groups is 1. The molecule has 0 spiro atoms. The summed E-state index contributed by atoms with van der Waals surface area (Å²) in [5.74, 6) is -2.29. The number of phenolic OH excluding ortho intramolecular Hbond substituents is 1. The lowest BCUT2D eigenvalue weighted by Crippen LogP contribution is -2.55. The maximum Gasteiger partial charge on any atom is 0.326 e. The third kappa shape index (κ3) is 6.27. The number of rotatable bonds is 10. The van der Waals surface area contributed by atoms with Crippen LogP contribution in [0.2, 0.25) is 0 Å². The van der Waals surface area contributed by atoms with Gasteiger partial charge in [-0.2, -0.15) is 12.6 Å². The van der Waals surface area contributed by atoms with Gasteiger partial charge in [0, 0.05) is 35.7 Å². The highest BCUT2D eigenvalue weighted by Crippen LogP contribution is 2.19. The van der Waals surface area contributed by atoms with Crippen LogP contribution in [0.5, 0.6) is 5.75 Å². The van der Waals surface area contributed by atoms with E-state index in [2.05, 4.69) is 28.2 Å². The Morgan fingerprint density at radius 2 is 1.64 bits per heavy atom. The van der Waals surface area contributed by atoms with Crippen molar-refractivity contribution in [1.82, 2.24) is 15.6 Å². The second kappa shape index (κ2) is 10.9. The zero-order valence-electron chi connectivity index (χ0n) is 17.7. The number of hydrogen-bond acceptors (Lipinski definition) is 6. The highest BCUT2D eigenvalue weighted by molar-refractivity contribution is 7.80. The lowest BCUT2D eigenvalue weighted by atomic mass is 10.0. The number of aromatic amines is 1. The van der Waals surface area contributed by atoms with Gasteiger partial charge < -0.3 is 31.6 Å². The number of carboxylic acids is 1. The molecule has 2 aromatic carbocycles. The van der Waals surface area contributed by atoms with Crippen molar-refractivity contribution < 1.29 is 24.6 Å². The number of nitrogens with one attached hydrogen (secondary N) is 3. The number of H-pyrrole nitrogens is 1. The first-order valence-corrected chi connectivity index (χ1v) is 10.9. The Bertz CT molecular complexity index is 1130. The molecule has 0 aliphatic rings. The molecule has 0 aliphatic heterocycles. The molecule has 3 atom stereocenters. The molecule has 33 heavy (non-hydrogen) atoms. The molecule has 0 saturated carbocycles. The first-order valence-electron chi connectivity index (χ1n) is 10.3. The van der Waals surface area contributed by atoms with Crippen molar-refractivity contribution in [2.24, 2.45) is 5.73 Å². The van der Waals surface area contributed by atoms with Crippen molar-refractivity contribution in [3.8, 4) is 5.75 Å². The van der Waals surface area contributed by atoms with E-state index in [4.69, 9.17) is 5.73 Å². The fraction of sp³-hybridized carbons (Fsp3) is 0.261. The van der Waals surface area contributed by atoms with Gasteiger partial charge >= 0.3 is 5.97 Å². The monoisotopic (exact) mass is 470 g/mol. The molecule has 0 aliphatic carbocycles. The van der Waals surface area contributed by atoms with Crippen molar-refractivity contribution in [2.45, 2.75) is 31.0 Å². The number of phenols is 1. The number of carbonyl (C=O) groups excluding carboxylic acids is 2. The lowest BCUT2D eigenvalue weighted by molar-refractivity contribution is -0.142. The van der Waals surface area contributed by atoms with Crippen LogP contribution in [0.3, 0.4) is 0 Å². The van der Waals surface area contributed by atoms with Gasteiger partial charge in [0.05, 0.1) is 6.04 Å². The van der Waals surface area contributed by atoms with E-state index in [0.717, 1.165) is 16.5 Å². The average Bonchev–Trinajstić information content (AvgIpc) is 3.21. The third-order valence-corrected chi connectivity index (χ3v) is 5.65. The number of aliphatic carboxylic acids is 1. The van der Waals surface area contributed by atoms with E-state index in [1.165, 1.54) is 12.1 Å². The summed E-state index contributed by atoms with van der Waals surface area (Å²) < 4.78 is 0. The van der Waals surface area contributed by atoms with Crippen molar-refractivity contribution in [3.63, 3.8) is 0 Å². The van der Waals surface area contributed by atoms with E-state index in [0.29, 0.717) is 5.56 Å². The van der Waals surface area contributed by atoms with Crippen LogP contribution < -0.4 is 16.4 Å². The quantitative estimate of drug-likeness (QED) is 0.219. The molecule has 2 amide bonds. The zero-order valence-corrected chi connectivity index (χ0v) is 18.6. The SMILES string of the molecule is NC(CS)C(=O)NC(Cc1ccc(O)cc1)C(=O)NC(Cc1c[nH]c2ccccc12)C(=O)O. The fourth-order valence-electron chi connectivity index (χ4n) is 3.43. The molecule has 3 unspecified atom stereocenters. The predicted octanol–water partition coefficient (Wildman–Crippen LogP) is 0.970. The largest absolute Gasteiger partial charge is 0.508 e. The second-order valence-corrected chi connectivity index (χ2v) is 8.05. The molecule has 174 valence electrons. The molecule has 7 N–H and O–H groups in total. The van der Waals surface area contributed by atoms with Gasteiger partial charge in [0.2, 0.25) is 11.8 Å². The van der Waals surface area contributed by atoms with E-state index in [-0.39, 0.29) is 24.3 Å². The Balaban J connectivity index is 1.79. The topological polar surface area (TPSA) is 158 Å². The van der Waals surface area contributed by atoms with E-state index in [1.54, 1.807) is 18.3 Å². The number of thiol groups is 1. The number of nitrogens with two attached hydrogens (primary N) is 1. The van der Waals surface area contributed by atoms with Crippen LogP contribution in [-0.2, 0) is 27.2 Å². The molecule has 3 rings (SSSR count). The number of benzene rings is 2. The summed E-state index contributed by atoms with van der Waals surface area (Å²) in [5.41, 5.74) is 7.99. The zero-order chi connectivity index (χ0) is 24.0. The minimum Gasteiger partial charge on any atom is -0.508 e. The van der Waals surface area contributed by atoms with E-state index in [1.807, 2.05) is 24.3 Å². The van der Waals surface area contributed by atoms with Gasteiger partial charge in [-0.25, -0.2) is 4.79 Å².